The maximum Gasteiger partial charge on any atom is 0.416 e. The van der Waals surface area contributed by atoms with Gasteiger partial charge in [-0.25, -0.2) is 0 Å². The Kier molecular flexibility index (Phi) is 6.22. The summed E-state index contributed by atoms with van der Waals surface area (Å²) in [5, 5.41) is 3.69. The quantitative estimate of drug-likeness (QED) is 0.656. The van der Waals surface area contributed by atoms with Crippen molar-refractivity contribution in [3.63, 3.8) is 0 Å². The van der Waals surface area contributed by atoms with Crippen molar-refractivity contribution in [3.05, 3.63) is 102 Å². The van der Waals surface area contributed by atoms with Gasteiger partial charge in [-0.1, -0.05) is 91.0 Å². The summed E-state index contributed by atoms with van der Waals surface area (Å²) in [6.07, 6.45) is 2.72. The predicted octanol–water partition coefficient (Wildman–Crippen LogP) is 2.94. The van der Waals surface area contributed by atoms with E-state index in [1.54, 1.807) is 0 Å². The van der Waals surface area contributed by atoms with Gasteiger partial charge in [-0.05, 0) is 35.9 Å². The van der Waals surface area contributed by atoms with Gasteiger partial charge in [0, 0.05) is 12.1 Å². The SMILES string of the molecule is NC(Cc1ccccc1)[C@@H]1CC(Cc2ccccc2)NB(c2ccccc2)O1. The second-order valence-corrected chi connectivity index (χ2v) is 7.61. The molecule has 0 spiro atoms. The lowest BCUT2D eigenvalue weighted by molar-refractivity contribution is 0.122. The highest BCUT2D eigenvalue weighted by Gasteiger charge is 2.36. The largest absolute Gasteiger partial charge is 0.416 e. The van der Waals surface area contributed by atoms with Gasteiger partial charge in [-0.3, -0.25) is 0 Å². The van der Waals surface area contributed by atoms with Gasteiger partial charge in [0.2, 0.25) is 0 Å². The smallest absolute Gasteiger partial charge is 0.413 e. The van der Waals surface area contributed by atoms with E-state index < -0.39 is 0 Å². The molecule has 3 nitrogen and oxygen atoms in total. The minimum atomic E-state index is -0.129. The van der Waals surface area contributed by atoms with Crippen LogP contribution >= 0.6 is 0 Å². The maximum absolute atomic E-state index is 6.62. The fraction of sp³-hybridized carbons (Fsp3) is 0.250. The lowest BCUT2D eigenvalue weighted by atomic mass is 9.69. The number of rotatable bonds is 6. The highest BCUT2D eigenvalue weighted by atomic mass is 16.5. The Morgan fingerprint density at radius 2 is 1.43 bits per heavy atom. The molecule has 1 aliphatic rings. The molecule has 3 N–H and O–H groups in total. The van der Waals surface area contributed by atoms with Crippen LogP contribution in [0.5, 0.6) is 0 Å². The van der Waals surface area contributed by atoms with Crippen LogP contribution < -0.4 is 16.4 Å². The van der Waals surface area contributed by atoms with Gasteiger partial charge in [0.15, 0.2) is 0 Å². The lowest BCUT2D eigenvalue weighted by Gasteiger charge is -2.38. The minimum absolute atomic E-state index is 0.0142. The molecular weight excluding hydrogens is 343 g/mol. The highest BCUT2D eigenvalue weighted by molar-refractivity contribution is 6.65. The molecule has 0 saturated carbocycles. The third-order valence-electron chi connectivity index (χ3n) is 5.43. The van der Waals surface area contributed by atoms with Gasteiger partial charge < -0.3 is 15.6 Å². The summed E-state index contributed by atoms with van der Waals surface area (Å²) >= 11 is 0. The Labute approximate surface area is 168 Å². The molecule has 4 heteroatoms. The molecule has 142 valence electrons. The van der Waals surface area contributed by atoms with Crippen LogP contribution in [0, 0.1) is 0 Å². The van der Waals surface area contributed by atoms with E-state index in [0.717, 1.165) is 24.7 Å². The highest BCUT2D eigenvalue weighted by Crippen LogP contribution is 2.19. The van der Waals surface area contributed by atoms with Crippen LogP contribution in [-0.2, 0) is 17.5 Å². The van der Waals surface area contributed by atoms with Crippen molar-refractivity contribution in [2.75, 3.05) is 0 Å². The van der Waals surface area contributed by atoms with E-state index in [0.29, 0.717) is 6.04 Å². The van der Waals surface area contributed by atoms with E-state index in [-0.39, 0.29) is 19.2 Å². The Morgan fingerprint density at radius 1 is 0.857 bits per heavy atom. The third-order valence-corrected chi connectivity index (χ3v) is 5.43. The van der Waals surface area contributed by atoms with E-state index >= 15 is 0 Å². The van der Waals surface area contributed by atoms with E-state index in [9.17, 15) is 0 Å². The Bertz CT molecular complexity index is 844. The number of nitrogens with one attached hydrogen (secondary N) is 1. The van der Waals surface area contributed by atoms with Crippen LogP contribution in [0.15, 0.2) is 91.0 Å². The monoisotopic (exact) mass is 370 g/mol. The number of benzene rings is 3. The number of hydrogen-bond acceptors (Lipinski definition) is 3. The fourth-order valence-corrected chi connectivity index (χ4v) is 3.97. The second-order valence-electron chi connectivity index (χ2n) is 7.61. The van der Waals surface area contributed by atoms with Crippen molar-refractivity contribution in [1.82, 2.24) is 5.23 Å². The van der Waals surface area contributed by atoms with Gasteiger partial charge in [0.1, 0.15) is 0 Å². The summed E-state index contributed by atoms with van der Waals surface area (Å²) < 4.78 is 6.44. The standard InChI is InChI=1S/C24H27BN2O/c26-23(17-20-12-6-2-7-13-20)24-18-22(16-19-10-4-1-5-11-19)27-25(28-24)21-14-8-3-9-15-21/h1-15,22-24,27H,16-18,26H2/t22?,23?,24-/m0/s1. The van der Waals surface area contributed by atoms with Crippen LogP contribution in [0.1, 0.15) is 17.5 Å². The molecule has 3 aromatic rings. The summed E-state index contributed by atoms with van der Waals surface area (Å²) in [7, 11) is -0.129. The lowest BCUT2D eigenvalue weighted by Crippen LogP contribution is -2.62. The first-order chi connectivity index (χ1) is 13.8. The first kappa shape index (κ1) is 18.9. The zero-order chi connectivity index (χ0) is 19.2. The Balaban J connectivity index is 1.51. The van der Waals surface area contributed by atoms with Gasteiger partial charge in [-0.15, -0.1) is 0 Å². The molecule has 0 aromatic heterocycles. The molecular formula is C24H27BN2O. The van der Waals surface area contributed by atoms with Crippen molar-refractivity contribution in [2.24, 2.45) is 5.73 Å². The number of nitrogens with two attached hydrogens (primary N) is 1. The van der Waals surface area contributed by atoms with Crippen LogP contribution in [0.25, 0.3) is 0 Å². The molecule has 0 amide bonds. The van der Waals surface area contributed by atoms with E-state index in [4.69, 9.17) is 10.4 Å². The predicted molar refractivity (Wildman–Crippen MR) is 117 cm³/mol. The molecule has 3 aromatic carbocycles. The second kappa shape index (κ2) is 9.20. The zero-order valence-corrected chi connectivity index (χ0v) is 16.1. The zero-order valence-electron chi connectivity index (χ0n) is 16.1. The molecule has 1 heterocycles. The van der Waals surface area contributed by atoms with Crippen LogP contribution in [0.4, 0.5) is 0 Å². The Hall–Kier alpha value is -2.40. The molecule has 0 radical (unpaired) electrons. The summed E-state index contributed by atoms with van der Waals surface area (Å²) in [5.74, 6) is 0. The average molecular weight is 370 g/mol. The molecule has 3 atom stereocenters. The van der Waals surface area contributed by atoms with E-state index in [1.807, 2.05) is 12.1 Å². The molecule has 1 aliphatic heterocycles. The Morgan fingerprint density at radius 3 is 2.07 bits per heavy atom. The van der Waals surface area contributed by atoms with Crippen molar-refractivity contribution in [1.29, 1.82) is 0 Å². The molecule has 28 heavy (non-hydrogen) atoms. The summed E-state index contributed by atoms with van der Waals surface area (Å²) in [5.41, 5.74) is 10.4. The van der Waals surface area contributed by atoms with Gasteiger partial charge >= 0.3 is 7.05 Å². The molecule has 0 aliphatic carbocycles. The minimum Gasteiger partial charge on any atom is -0.413 e. The summed E-state index contributed by atoms with van der Waals surface area (Å²) in [4.78, 5) is 0. The maximum atomic E-state index is 6.62. The van der Waals surface area contributed by atoms with Crippen molar-refractivity contribution >= 4 is 12.5 Å². The van der Waals surface area contributed by atoms with Crippen molar-refractivity contribution in [2.45, 2.75) is 37.5 Å². The van der Waals surface area contributed by atoms with E-state index in [1.165, 1.54) is 11.1 Å². The molecule has 2 unspecified atom stereocenters. The van der Waals surface area contributed by atoms with Crippen LogP contribution in [-0.4, -0.2) is 25.2 Å². The van der Waals surface area contributed by atoms with Gasteiger partial charge in [0.05, 0.1) is 6.10 Å². The first-order valence-corrected chi connectivity index (χ1v) is 10.1. The third kappa shape index (κ3) is 4.90. The number of hydrogen-bond donors (Lipinski definition) is 2. The average Bonchev–Trinajstić information content (AvgIpc) is 2.75. The van der Waals surface area contributed by atoms with E-state index in [2.05, 4.69) is 84.1 Å². The topological polar surface area (TPSA) is 47.3 Å². The fourth-order valence-electron chi connectivity index (χ4n) is 3.97. The van der Waals surface area contributed by atoms with Crippen LogP contribution in [0.3, 0.4) is 0 Å². The first-order valence-electron chi connectivity index (χ1n) is 10.1. The summed E-state index contributed by atoms with van der Waals surface area (Å²) in [6, 6.07) is 31.7. The molecule has 1 saturated heterocycles. The van der Waals surface area contributed by atoms with Gasteiger partial charge in [0.25, 0.3) is 0 Å². The summed E-state index contributed by atoms with van der Waals surface area (Å²) in [6.45, 7) is 0. The normalized spacial score (nSPS) is 20.7. The molecule has 4 rings (SSSR count). The molecule has 1 fully saturated rings. The molecule has 0 bridgehead atoms. The van der Waals surface area contributed by atoms with Crippen LogP contribution in [0.2, 0.25) is 0 Å². The van der Waals surface area contributed by atoms with Gasteiger partial charge in [-0.2, -0.15) is 0 Å². The van der Waals surface area contributed by atoms with Crippen molar-refractivity contribution < 1.29 is 4.65 Å². The van der Waals surface area contributed by atoms with Crippen molar-refractivity contribution in [3.8, 4) is 0 Å².